The van der Waals surface area contributed by atoms with E-state index in [0.29, 0.717) is 11.6 Å². The van der Waals surface area contributed by atoms with Crippen LogP contribution in [0.3, 0.4) is 0 Å². The minimum atomic E-state index is -0.448. The molecule has 8 aromatic rings. The summed E-state index contributed by atoms with van der Waals surface area (Å²) in [5.74, 6) is 0.139. The van der Waals surface area contributed by atoms with Gasteiger partial charge in [0, 0.05) is 19.5 Å². The Balaban J connectivity index is 1.01. The summed E-state index contributed by atoms with van der Waals surface area (Å²) in [6.07, 6.45) is 4.73. The highest BCUT2D eigenvalue weighted by molar-refractivity contribution is 7.33. The van der Waals surface area contributed by atoms with Gasteiger partial charge in [0.15, 0.2) is 32.9 Å². The molecule has 8 heterocycles. The number of hydrogen-bond donors (Lipinski definition) is 0. The van der Waals surface area contributed by atoms with E-state index in [1.807, 2.05) is 24.3 Å². The van der Waals surface area contributed by atoms with Crippen LogP contribution < -0.4 is 0 Å². The van der Waals surface area contributed by atoms with E-state index in [4.69, 9.17) is 9.97 Å². The second-order valence-electron chi connectivity index (χ2n) is 8.75. The van der Waals surface area contributed by atoms with E-state index in [-0.39, 0.29) is 0 Å². The quantitative estimate of drug-likeness (QED) is 0.176. The molecule has 204 valence electrons. The van der Waals surface area contributed by atoms with E-state index in [1.165, 1.54) is 24.8 Å². The lowest BCUT2D eigenvalue weighted by atomic mass is 10.3. The van der Waals surface area contributed by atoms with E-state index >= 15 is 0 Å². The van der Waals surface area contributed by atoms with Crippen LogP contribution in [0.15, 0.2) is 73.3 Å². The molecule has 8 aromatic heterocycles. The van der Waals surface area contributed by atoms with Gasteiger partial charge in [-0.1, -0.05) is 22.7 Å². The Morgan fingerprint density at radius 2 is 0.690 bits per heavy atom. The first-order chi connectivity index (χ1) is 20.6. The van der Waals surface area contributed by atoms with Gasteiger partial charge in [0.25, 0.3) is 0 Å². The molecule has 0 spiro atoms. The Bertz CT molecular complexity index is 2000. The number of fused-ring (bicyclic) bond motifs is 1. The number of halogens is 2. The number of aromatic nitrogens is 6. The van der Waals surface area contributed by atoms with Crippen molar-refractivity contribution in [1.82, 2.24) is 29.9 Å². The molecule has 0 aliphatic heterocycles. The van der Waals surface area contributed by atoms with Crippen LogP contribution in [0.4, 0.5) is 8.78 Å². The summed E-state index contributed by atoms with van der Waals surface area (Å²) < 4.78 is 26.4. The zero-order valence-corrected chi connectivity index (χ0v) is 25.7. The molecule has 0 radical (unpaired) electrons. The van der Waals surface area contributed by atoms with Gasteiger partial charge < -0.3 is 0 Å². The second kappa shape index (κ2) is 10.6. The lowest BCUT2D eigenvalue weighted by Gasteiger charge is -1.94. The standard InChI is InChI=1S/C28H12F2N6S6/c29-13-9-31-23(32-10-13)19-5-1-15(37-19)17-3-7-21(39-17)25-35-27-28(41-25)36-26(42-27)22-8-4-18(40-22)16-2-6-20(38-16)24-33-11-14(30)12-34-24/h1-12H. The van der Waals surface area contributed by atoms with Crippen LogP contribution >= 0.6 is 68.0 Å². The van der Waals surface area contributed by atoms with Gasteiger partial charge >= 0.3 is 0 Å². The molecule has 0 aliphatic carbocycles. The molecule has 14 heteroatoms. The van der Waals surface area contributed by atoms with E-state index in [0.717, 1.165) is 58.7 Å². The number of nitrogens with zero attached hydrogens (tertiary/aromatic N) is 6. The number of thiophene rings is 4. The fraction of sp³-hybridized carbons (Fsp3) is 0. The van der Waals surface area contributed by atoms with Gasteiger partial charge in [-0.3, -0.25) is 0 Å². The molecule has 0 saturated carbocycles. The lowest BCUT2D eigenvalue weighted by molar-refractivity contribution is 0.614. The summed E-state index contributed by atoms with van der Waals surface area (Å²) in [5, 5.41) is 1.90. The van der Waals surface area contributed by atoms with Gasteiger partial charge in [-0.25, -0.2) is 38.7 Å². The number of thiazole rings is 2. The van der Waals surface area contributed by atoms with Crippen LogP contribution in [-0.2, 0) is 0 Å². The summed E-state index contributed by atoms with van der Waals surface area (Å²) in [6, 6.07) is 16.4. The predicted octanol–water partition coefficient (Wildman–Crippen LogP) is 9.86. The maximum absolute atomic E-state index is 13.2. The zero-order valence-electron chi connectivity index (χ0n) is 20.8. The van der Waals surface area contributed by atoms with Gasteiger partial charge in [0.1, 0.15) is 10.0 Å². The molecular weight excluding hydrogens is 651 g/mol. The highest BCUT2D eigenvalue weighted by atomic mass is 32.1. The molecule has 0 N–H and O–H groups in total. The van der Waals surface area contributed by atoms with Crippen molar-refractivity contribution in [3.05, 3.63) is 85.0 Å². The average molecular weight is 663 g/mol. The van der Waals surface area contributed by atoms with Crippen molar-refractivity contribution in [3.63, 3.8) is 0 Å². The van der Waals surface area contributed by atoms with Crippen LogP contribution in [0.2, 0.25) is 0 Å². The molecule has 0 saturated heterocycles. The molecular formula is C28H12F2N6S6. The molecule has 0 atom stereocenters. The fourth-order valence-corrected chi connectivity index (χ4v) is 10.3. The summed E-state index contributed by atoms with van der Waals surface area (Å²) in [6.45, 7) is 0. The lowest BCUT2D eigenvalue weighted by Crippen LogP contribution is -1.86. The van der Waals surface area contributed by atoms with Crippen molar-refractivity contribution in [3.8, 4) is 60.7 Å². The molecule has 0 aliphatic rings. The van der Waals surface area contributed by atoms with Gasteiger partial charge in [0.2, 0.25) is 0 Å². The van der Waals surface area contributed by atoms with Gasteiger partial charge in [-0.2, -0.15) is 0 Å². The van der Waals surface area contributed by atoms with Crippen LogP contribution in [0, 0.1) is 11.6 Å². The zero-order chi connectivity index (χ0) is 28.2. The molecule has 0 bridgehead atoms. The van der Waals surface area contributed by atoms with Crippen LogP contribution in [0.5, 0.6) is 0 Å². The first-order valence-electron chi connectivity index (χ1n) is 12.2. The van der Waals surface area contributed by atoms with Crippen LogP contribution in [0.1, 0.15) is 0 Å². The Hall–Kier alpha value is -3.66. The molecule has 0 amide bonds. The van der Waals surface area contributed by atoms with E-state index in [2.05, 4.69) is 44.2 Å². The van der Waals surface area contributed by atoms with Crippen LogP contribution in [0.25, 0.3) is 70.3 Å². The SMILES string of the molecule is Fc1cnc(-c2ccc(-c3ccc(-c4nc5sc(-c6ccc(-c7ccc(-c8ncc(F)cn8)s7)s6)nc5s4)s3)s2)nc1. The number of rotatable bonds is 6. The summed E-state index contributed by atoms with van der Waals surface area (Å²) in [5.41, 5.74) is 0. The summed E-state index contributed by atoms with van der Waals surface area (Å²) >= 11 is 9.71. The predicted molar refractivity (Wildman–Crippen MR) is 171 cm³/mol. The van der Waals surface area contributed by atoms with Crippen molar-refractivity contribution in [2.75, 3.05) is 0 Å². The van der Waals surface area contributed by atoms with E-state index in [1.54, 1.807) is 68.0 Å². The highest BCUT2D eigenvalue weighted by Gasteiger charge is 2.18. The van der Waals surface area contributed by atoms with Crippen molar-refractivity contribution in [2.24, 2.45) is 0 Å². The average Bonchev–Trinajstić information content (AvgIpc) is 3.83. The minimum absolute atomic E-state index is 0.448. The molecule has 0 unspecified atom stereocenters. The van der Waals surface area contributed by atoms with Crippen molar-refractivity contribution < 1.29 is 8.78 Å². The van der Waals surface area contributed by atoms with Crippen molar-refractivity contribution in [1.29, 1.82) is 0 Å². The largest absolute Gasteiger partial charge is 0.233 e. The van der Waals surface area contributed by atoms with Crippen LogP contribution in [-0.4, -0.2) is 29.9 Å². The Morgan fingerprint density at radius 1 is 0.381 bits per heavy atom. The van der Waals surface area contributed by atoms with E-state index < -0.39 is 11.6 Å². The second-order valence-corrected chi connectivity index (χ2v) is 15.0. The first-order valence-corrected chi connectivity index (χ1v) is 17.1. The Morgan fingerprint density at radius 3 is 1.07 bits per heavy atom. The smallest absolute Gasteiger partial charge is 0.169 e. The molecule has 8 rings (SSSR count). The first kappa shape index (κ1) is 26.0. The third kappa shape index (κ3) is 4.89. The van der Waals surface area contributed by atoms with Crippen molar-refractivity contribution in [2.45, 2.75) is 0 Å². The normalized spacial score (nSPS) is 11.6. The summed E-state index contributed by atoms with van der Waals surface area (Å²) in [7, 11) is 0. The maximum Gasteiger partial charge on any atom is 0.169 e. The number of hydrogen-bond acceptors (Lipinski definition) is 12. The maximum atomic E-state index is 13.2. The Labute approximate surface area is 260 Å². The molecule has 42 heavy (non-hydrogen) atoms. The van der Waals surface area contributed by atoms with E-state index in [9.17, 15) is 8.78 Å². The molecule has 6 nitrogen and oxygen atoms in total. The summed E-state index contributed by atoms with van der Waals surface area (Å²) in [4.78, 5) is 36.4. The van der Waals surface area contributed by atoms with Gasteiger partial charge in [0.05, 0.1) is 44.3 Å². The van der Waals surface area contributed by atoms with Crippen molar-refractivity contribution >= 4 is 77.7 Å². The fourth-order valence-electron chi connectivity index (χ4n) is 4.08. The Kier molecular flexibility index (Phi) is 6.54. The monoisotopic (exact) mass is 662 g/mol. The van der Waals surface area contributed by atoms with Gasteiger partial charge in [-0.05, 0) is 48.5 Å². The third-order valence-electron chi connectivity index (χ3n) is 5.99. The molecule has 0 aromatic carbocycles. The third-order valence-corrected chi connectivity index (χ3v) is 13.1. The molecule has 0 fully saturated rings. The topological polar surface area (TPSA) is 77.3 Å². The minimum Gasteiger partial charge on any atom is -0.233 e. The van der Waals surface area contributed by atoms with Gasteiger partial charge in [-0.15, -0.1) is 45.3 Å². The highest BCUT2D eigenvalue weighted by Crippen LogP contribution is 2.45.